The fourth-order valence-electron chi connectivity index (χ4n) is 3.54. The largest absolute Gasteiger partial charge is 0.346 e. The molecule has 2 amide bonds. The number of para-hydroxylation sites is 1. The minimum Gasteiger partial charge on any atom is -0.346 e. The molecule has 8 heteroatoms. The lowest BCUT2D eigenvalue weighted by molar-refractivity contribution is -0.125. The standard InChI is InChI=1S/C22H27FN4O2.ClH/c1-2-16-6-3-4-9-19(16)26-21(28)14-25-22(29)15-27-11-10-24-13-20(27)17-7-5-8-18(23)12-17;/h3-9,12,20,24H,2,10-11,13-15H2,1H3,(H,25,29)(H,26,28);1H. The van der Waals surface area contributed by atoms with Crippen LogP contribution in [-0.4, -0.2) is 49.4 Å². The van der Waals surface area contributed by atoms with Crippen LogP contribution in [0.1, 0.15) is 24.1 Å². The van der Waals surface area contributed by atoms with Gasteiger partial charge in [-0.3, -0.25) is 14.5 Å². The van der Waals surface area contributed by atoms with Gasteiger partial charge < -0.3 is 16.0 Å². The number of anilines is 1. The summed E-state index contributed by atoms with van der Waals surface area (Å²) in [7, 11) is 0. The second-order valence-electron chi connectivity index (χ2n) is 7.08. The van der Waals surface area contributed by atoms with Gasteiger partial charge in [0.15, 0.2) is 0 Å². The van der Waals surface area contributed by atoms with Crippen LogP contribution in [0.5, 0.6) is 0 Å². The van der Waals surface area contributed by atoms with Gasteiger partial charge in [-0.1, -0.05) is 37.3 Å². The van der Waals surface area contributed by atoms with Gasteiger partial charge in [-0.05, 0) is 35.7 Å². The number of rotatable bonds is 7. The highest BCUT2D eigenvalue weighted by molar-refractivity contribution is 5.95. The van der Waals surface area contributed by atoms with Crippen LogP contribution >= 0.6 is 12.4 Å². The van der Waals surface area contributed by atoms with Gasteiger partial charge in [0, 0.05) is 31.4 Å². The van der Waals surface area contributed by atoms with Gasteiger partial charge in [0.1, 0.15) is 5.82 Å². The lowest BCUT2D eigenvalue weighted by Gasteiger charge is -2.36. The van der Waals surface area contributed by atoms with Crippen molar-refractivity contribution in [3.8, 4) is 0 Å². The van der Waals surface area contributed by atoms with Crippen LogP contribution in [0.25, 0.3) is 0 Å². The summed E-state index contributed by atoms with van der Waals surface area (Å²) in [5, 5.41) is 8.81. The van der Waals surface area contributed by atoms with Crippen molar-refractivity contribution in [3.63, 3.8) is 0 Å². The minimum atomic E-state index is -0.290. The fourth-order valence-corrected chi connectivity index (χ4v) is 3.54. The Labute approximate surface area is 182 Å². The Morgan fingerprint density at radius 2 is 1.97 bits per heavy atom. The molecule has 1 unspecified atom stereocenters. The van der Waals surface area contributed by atoms with Crippen molar-refractivity contribution in [1.82, 2.24) is 15.5 Å². The molecule has 0 aromatic heterocycles. The monoisotopic (exact) mass is 434 g/mol. The van der Waals surface area contributed by atoms with Crippen molar-refractivity contribution in [2.75, 3.05) is 38.0 Å². The maximum Gasteiger partial charge on any atom is 0.243 e. The summed E-state index contributed by atoms with van der Waals surface area (Å²) >= 11 is 0. The molecule has 162 valence electrons. The zero-order valence-corrected chi connectivity index (χ0v) is 17.8. The minimum absolute atomic E-state index is 0. The first-order valence-corrected chi connectivity index (χ1v) is 9.91. The molecule has 30 heavy (non-hydrogen) atoms. The Kier molecular flexibility index (Phi) is 9.23. The van der Waals surface area contributed by atoms with E-state index in [1.54, 1.807) is 6.07 Å². The number of aryl methyl sites for hydroxylation is 1. The summed E-state index contributed by atoms with van der Waals surface area (Å²) in [5.41, 5.74) is 2.65. The van der Waals surface area contributed by atoms with E-state index in [9.17, 15) is 14.0 Å². The van der Waals surface area contributed by atoms with Gasteiger partial charge >= 0.3 is 0 Å². The maximum absolute atomic E-state index is 13.6. The second kappa shape index (κ2) is 11.6. The highest BCUT2D eigenvalue weighted by Gasteiger charge is 2.25. The Morgan fingerprint density at radius 3 is 2.73 bits per heavy atom. The maximum atomic E-state index is 13.6. The number of carbonyl (C=O) groups excluding carboxylic acids is 2. The van der Waals surface area contributed by atoms with Crippen LogP contribution in [-0.2, 0) is 16.0 Å². The van der Waals surface area contributed by atoms with E-state index in [2.05, 4.69) is 16.0 Å². The molecular weight excluding hydrogens is 407 g/mol. The molecule has 1 heterocycles. The highest BCUT2D eigenvalue weighted by atomic mass is 35.5. The highest BCUT2D eigenvalue weighted by Crippen LogP contribution is 2.22. The molecule has 2 aromatic rings. The summed E-state index contributed by atoms with van der Waals surface area (Å²) in [6, 6.07) is 14.0. The molecule has 1 saturated heterocycles. The lowest BCUT2D eigenvalue weighted by atomic mass is 10.0. The summed E-state index contributed by atoms with van der Waals surface area (Å²) in [6.07, 6.45) is 0.813. The van der Waals surface area contributed by atoms with Gasteiger partial charge in [0.05, 0.1) is 13.1 Å². The molecule has 3 N–H and O–H groups in total. The number of piperazine rings is 1. The molecule has 0 radical (unpaired) electrons. The molecular formula is C22H28ClFN4O2. The molecule has 1 aliphatic rings. The van der Waals surface area contributed by atoms with Crippen LogP contribution in [0, 0.1) is 5.82 Å². The van der Waals surface area contributed by atoms with Crippen molar-refractivity contribution >= 4 is 29.9 Å². The molecule has 1 atom stereocenters. The number of hydrogen-bond donors (Lipinski definition) is 3. The zero-order chi connectivity index (χ0) is 20.6. The van der Waals surface area contributed by atoms with Crippen LogP contribution in [0.3, 0.4) is 0 Å². The quantitative estimate of drug-likeness (QED) is 0.626. The number of hydrogen-bond acceptors (Lipinski definition) is 4. The van der Waals surface area contributed by atoms with E-state index in [0.717, 1.165) is 29.8 Å². The molecule has 1 aliphatic heterocycles. The third-order valence-corrected chi connectivity index (χ3v) is 5.05. The molecule has 0 aliphatic carbocycles. The Morgan fingerprint density at radius 1 is 1.17 bits per heavy atom. The molecule has 6 nitrogen and oxygen atoms in total. The Bertz CT molecular complexity index is 865. The lowest BCUT2D eigenvalue weighted by Crippen LogP contribution is -2.50. The van der Waals surface area contributed by atoms with E-state index >= 15 is 0 Å². The Balaban J connectivity index is 0.00000320. The van der Waals surface area contributed by atoms with Crippen LogP contribution < -0.4 is 16.0 Å². The third kappa shape index (κ3) is 6.52. The SMILES string of the molecule is CCc1ccccc1NC(=O)CNC(=O)CN1CCNCC1c1cccc(F)c1.Cl. The second-order valence-corrected chi connectivity index (χ2v) is 7.08. The number of carbonyl (C=O) groups is 2. The van der Waals surface area contributed by atoms with Crippen molar-refractivity contribution in [2.24, 2.45) is 0 Å². The predicted octanol–water partition coefficient (Wildman–Crippen LogP) is 2.51. The van der Waals surface area contributed by atoms with Gasteiger partial charge in [-0.2, -0.15) is 0 Å². The van der Waals surface area contributed by atoms with Crippen LogP contribution in [0.2, 0.25) is 0 Å². The zero-order valence-electron chi connectivity index (χ0n) is 17.0. The van der Waals surface area contributed by atoms with E-state index in [1.165, 1.54) is 12.1 Å². The molecule has 0 bridgehead atoms. The Hall–Kier alpha value is -2.48. The van der Waals surface area contributed by atoms with Crippen molar-refractivity contribution in [2.45, 2.75) is 19.4 Å². The van der Waals surface area contributed by atoms with Gasteiger partial charge in [0.2, 0.25) is 11.8 Å². The first-order valence-electron chi connectivity index (χ1n) is 9.91. The van der Waals surface area contributed by atoms with Crippen molar-refractivity contribution in [1.29, 1.82) is 0 Å². The molecule has 0 spiro atoms. The number of halogens is 2. The molecule has 0 saturated carbocycles. The topological polar surface area (TPSA) is 73.5 Å². The number of amides is 2. The predicted molar refractivity (Wildman–Crippen MR) is 118 cm³/mol. The molecule has 3 rings (SSSR count). The molecule has 2 aromatic carbocycles. The van der Waals surface area contributed by atoms with Crippen molar-refractivity contribution < 1.29 is 14.0 Å². The van der Waals surface area contributed by atoms with Gasteiger partial charge in [0.25, 0.3) is 0 Å². The van der Waals surface area contributed by atoms with E-state index in [1.807, 2.05) is 42.2 Å². The van der Waals surface area contributed by atoms with E-state index in [4.69, 9.17) is 0 Å². The number of nitrogens with one attached hydrogen (secondary N) is 3. The first kappa shape index (κ1) is 23.8. The average Bonchev–Trinajstić information content (AvgIpc) is 2.73. The van der Waals surface area contributed by atoms with E-state index in [0.29, 0.717) is 13.1 Å². The summed E-state index contributed by atoms with van der Waals surface area (Å²) in [6.45, 7) is 4.16. The number of nitrogens with zero attached hydrogens (tertiary/aromatic N) is 1. The van der Waals surface area contributed by atoms with E-state index in [-0.39, 0.29) is 49.2 Å². The van der Waals surface area contributed by atoms with Crippen LogP contribution in [0.15, 0.2) is 48.5 Å². The normalized spacial score (nSPS) is 16.4. The van der Waals surface area contributed by atoms with Crippen LogP contribution in [0.4, 0.5) is 10.1 Å². The summed E-state index contributed by atoms with van der Waals surface area (Å²) in [5.74, 6) is -0.782. The third-order valence-electron chi connectivity index (χ3n) is 5.05. The first-order chi connectivity index (χ1) is 14.1. The summed E-state index contributed by atoms with van der Waals surface area (Å²) in [4.78, 5) is 26.6. The van der Waals surface area contributed by atoms with Gasteiger partial charge in [-0.25, -0.2) is 4.39 Å². The number of benzene rings is 2. The molecule has 1 fully saturated rings. The summed E-state index contributed by atoms with van der Waals surface area (Å²) < 4.78 is 13.6. The van der Waals surface area contributed by atoms with Gasteiger partial charge in [-0.15, -0.1) is 12.4 Å². The fraction of sp³-hybridized carbons (Fsp3) is 0.364. The van der Waals surface area contributed by atoms with E-state index < -0.39 is 0 Å². The smallest absolute Gasteiger partial charge is 0.243 e. The van der Waals surface area contributed by atoms with Crippen molar-refractivity contribution in [3.05, 3.63) is 65.5 Å². The average molecular weight is 435 g/mol.